The zero-order valence-corrected chi connectivity index (χ0v) is 10.8. The van der Waals surface area contributed by atoms with Gasteiger partial charge in [0.05, 0.1) is 4.92 Å². The van der Waals surface area contributed by atoms with Gasteiger partial charge in [0.25, 0.3) is 5.69 Å². The Balaban J connectivity index is 1.95. The Hall–Kier alpha value is -2.07. The first-order chi connectivity index (χ1) is 9.15. The molecule has 0 radical (unpaired) electrons. The van der Waals surface area contributed by atoms with E-state index in [0.717, 1.165) is 29.4 Å². The van der Waals surface area contributed by atoms with Gasteiger partial charge in [-0.2, -0.15) is 0 Å². The van der Waals surface area contributed by atoms with Gasteiger partial charge >= 0.3 is 0 Å². The number of halogens is 1. The Morgan fingerprint density at radius 3 is 2.58 bits per heavy atom. The summed E-state index contributed by atoms with van der Waals surface area (Å²) in [6.45, 7) is 0.869. The number of nitro groups is 1. The van der Waals surface area contributed by atoms with Crippen LogP contribution in [0.2, 0.25) is 5.02 Å². The second-order valence-corrected chi connectivity index (χ2v) is 4.88. The molecule has 0 atom stereocenters. The van der Waals surface area contributed by atoms with Gasteiger partial charge in [0, 0.05) is 35.1 Å². The highest BCUT2D eigenvalue weighted by Crippen LogP contribution is 2.36. The molecule has 2 aromatic carbocycles. The second kappa shape index (κ2) is 4.55. The number of benzene rings is 2. The average molecular weight is 275 g/mol. The second-order valence-electron chi connectivity index (χ2n) is 4.45. The van der Waals surface area contributed by atoms with Gasteiger partial charge in [-0.3, -0.25) is 10.1 Å². The molecule has 96 valence electrons. The van der Waals surface area contributed by atoms with Gasteiger partial charge in [0.15, 0.2) is 0 Å². The monoisotopic (exact) mass is 274 g/mol. The fraction of sp³-hybridized carbons (Fsp3) is 0.143. The third-order valence-electron chi connectivity index (χ3n) is 3.31. The molecule has 0 unspecified atom stereocenters. The third-order valence-corrected chi connectivity index (χ3v) is 3.54. The molecule has 0 saturated heterocycles. The molecular weight excluding hydrogens is 264 g/mol. The number of anilines is 2. The van der Waals surface area contributed by atoms with Crippen molar-refractivity contribution in [2.45, 2.75) is 6.42 Å². The van der Waals surface area contributed by atoms with Gasteiger partial charge in [-0.05, 0) is 42.3 Å². The third kappa shape index (κ3) is 2.15. The SMILES string of the molecule is O=[N+]([O-])c1ccc(N2CCc3cc(Cl)ccc32)cc1. The van der Waals surface area contributed by atoms with Crippen molar-refractivity contribution in [2.24, 2.45) is 0 Å². The largest absolute Gasteiger partial charge is 0.341 e. The van der Waals surface area contributed by atoms with E-state index in [2.05, 4.69) is 4.90 Å². The molecular formula is C14H11ClN2O2. The van der Waals surface area contributed by atoms with E-state index in [0.29, 0.717) is 0 Å². The average Bonchev–Trinajstić information content (AvgIpc) is 2.81. The molecule has 0 spiro atoms. The van der Waals surface area contributed by atoms with E-state index in [1.54, 1.807) is 12.1 Å². The van der Waals surface area contributed by atoms with Crippen LogP contribution < -0.4 is 4.90 Å². The summed E-state index contributed by atoms with van der Waals surface area (Å²) in [4.78, 5) is 12.4. The molecule has 0 aliphatic carbocycles. The minimum absolute atomic E-state index is 0.110. The fourth-order valence-electron chi connectivity index (χ4n) is 2.39. The minimum Gasteiger partial charge on any atom is -0.341 e. The van der Waals surface area contributed by atoms with Crippen molar-refractivity contribution in [3.05, 3.63) is 63.2 Å². The summed E-state index contributed by atoms with van der Waals surface area (Å²) in [5.74, 6) is 0. The van der Waals surface area contributed by atoms with E-state index in [-0.39, 0.29) is 10.6 Å². The molecule has 19 heavy (non-hydrogen) atoms. The number of hydrogen-bond donors (Lipinski definition) is 0. The standard InChI is InChI=1S/C14H11ClN2O2/c15-11-1-6-14-10(9-11)7-8-16(14)12-2-4-13(5-3-12)17(18)19/h1-6,9H,7-8H2. The maximum atomic E-state index is 10.6. The lowest BCUT2D eigenvalue weighted by atomic mass is 10.2. The highest BCUT2D eigenvalue weighted by molar-refractivity contribution is 6.30. The normalized spacial score (nSPS) is 13.4. The molecule has 4 nitrogen and oxygen atoms in total. The Morgan fingerprint density at radius 1 is 1.16 bits per heavy atom. The summed E-state index contributed by atoms with van der Waals surface area (Å²) < 4.78 is 0. The molecule has 3 rings (SSSR count). The van der Waals surface area contributed by atoms with Crippen LogP contribution in [0.25, 0.3) is 0 Å². The van der Waals surface area contributed by atoms with E-state index in [9.17, 15) is 10.1 Å². The molecule has 0 fully saturated rings. The molecule has 0 N–H and O–H groups in total. The van der Waals surface area contributed by atoms with Crippen molar-refractivity contribution in [3.8, 4) is 0 Å². The molecule has 2 aromatic rings. The summed E-state index contributed by atoms with van der Waals surface area (Å²) in [5, 5.41) is 11.4. The molecule has 1 heterocycles. The lowest BCUT2D eigenvalue weighted by Crippen LogP contribution is -2.12. The van der Waals surface area contributed by atoms with Crippen molar-refractivity contribution < 1.29 is 4.92 Å². The van der Waals surface area contributed by atoms with Crippen molar-refractivity contribution >= 4 is 28.7 Å². The van der Waals surface area contributed by atoms with Crippen LogP contribution in [0.3, 0.4) is 0 Å². The Kier molecular flexibility index (Phi) is 2.87. The molecule has 5 heteroatoms. The number of hydrogen-bond acceptors (Lipinski definition) is 3. The summed E-state index contributed by atoms with van der Waals surface area (Å²) in [6.07, 6.45) is 0.937. The Morgan fingerprint density at radius 2 is 1.89 bits per heavy atom. The van der Waals surface area contributed by atoms with Crippen molar-refractivity contribution in [1.29, 1.82) is 0 Å². The number of non-ortho nitro benzene ring substituents is 1. The van der Waals surface area contributed by atoms with Crippen LogP contribution in [0.15, 0.2) is 42.5 Å². The summed E-state index contributed by atoms with van der Waals surface area (Å²) in [5.41, 5.74) is 3.41. The Labute approximate surface area is 115 Å². The highest BCUT2D eigenvalue weighted by atomic mass is 35.5. The number of fused-ring (bicyclic) bond motifs is 1. The van der Waals surface area contributed by atoms with Crippen LogP contribution in [0.4, 0.5) is 17.1 Å². The van der Waals surface area contributed by atoms with Crippen molar-refractivity contribution in [3.63, 3.8) is 0 Å². The zero-order valence-electron chi connectivity index (χ0n) is 10.0. The first kappa shape index (κ1) is 12.0. The zero-order chi connectivity index (χ0) is 13.4. The molecule has 0 aromatic heterocycles. The van der Waals surface area contributed by atoms with E-state index in [1.807, 2.05) is 18.2 Å². The van der Waals surface area contributed by atoms with E-state index in [4.69, 9.17) is 11.6 Å². The van der Waals surface area contributed by atoms with E-state index in [1.165, 1.54) is 17.7 Å². The first-order valence-corrected chi connectivity index (χ1v) is 6.33. The van der Waals surface area contributed by atoms with Gasteiger partial charge < -0.3 is 4.90 Å². The van der Waals surface area contributed by atoms with Gasteiger partial charge in [-0.25, -0.2) is 0 Å². The molecule has 1 aliphatic heterocycles. The van der Waals surface area contributed by atoms with Crippen molar-refractivity contribution in [2.75, 3.05) is 11.4 Å². The van der Waals surface area contributed by atoms with Crippen LogP contribution in [-0.2, 0) is 6.42 Å². The minimum atomic E-state index is -0.387. The number of nitrogens with zero attached hydrogens (tertiary/aromatic N) is 2. The fourth-order valence-corrected chi connectivity index (χ4v) is 2.59. The molecule has 0 saturated carbocycles. The van der Waals surface area contributed by atoms with Crippen LogP contribution >= 0.6 is 11.6 Å². The quantitative estimate of drug-likeness (QED) is 0.615. The van der Waals surface area contributed by atoms with Crippen LogP contribution in [0, 0.1) is 10.1 Å². The van der Waals surface area contributed by atoms with Crippen LogP contribution in [0.1, 0.15) is 5.56 Å². The number of nitro benzene ring substituents is 1. The van der Waals surface area contributed by atoms with Gasteiger partial charge in [-0.1, -0.05) is 11.6 Å². The van der Waals surface area contributed by atoms with Crippen molar-refractivity contribution in [1.82, 2.24) is 0 Å². The van der Waals surface area contributed by atoms with E-state index >= 15 is 0 Å². The van der Waals surface area contributed by atoms with E-state index < -0.39 is 0 Å². The van der Waals surface area contributed by atoms with Gasteiger partial charge in [0.1, 0.15) is 0 Å². The predicted molar refractivity (Wildman–Crippen MR) is 75.3 cm³/mol. The van der Waals surface area contributed by atoms with Gasteiger partial charge in [0.2, 0.25) is 0 Å². The molecule has 1 aliphatic rings. The predicted octanol–water partition coefficient (Wildman–Crippen LogP) is 3.94. The first-order valence-electron chi connectivity index (χ1n) is 5.95. The lowest BCUT2D eigenvalue weighted by molar-refractivity contribution is -0.384. The smallest absolute Gasteiger partial charge is 0.269 e. The summed E-state index contributed by atoms with van der Waals surface area (Å²) in [6, 6.07) is 12.5. The maximum Gasteiger partial charge on any atom is 0.269 e. The number of rotatable bonds is 2. The molecule has 0 bridgehead atoms. The highest BCUT2D eigenvalue weighted by Gasteiger charge is 2.20. The summed E-state index contributed by atoms with van der Waals surface area (Å²) >= 11 is 5.98. The molecule has 0 amide bonds. The maximum absolute atomic E-state index is 10.6. The topological polar surface area (TPSA) is 46.4 Å². The van der Waals surface area contributed by atoms with Crippen LogP contribution in [0.5, 0.6) is 0 Å². The van der Waals surface area contributed by atoms with Crippen LogP contribution in [-0.4, -0.2) is 11.5 Å². The lowest BCUT2D eigenvalue weighted by Gasteiger charge is -2.19. The Bertz CT molecular complexity index is 640. The van der Waals surface area contributed by atoms with Gasteiger partial charge in [-0.15, -0.1) is 0 Å². The summed E-state index contributed by atoms with van der Waals surface area (Å²) in [7, 11) is 0.